The average Bonchev–Trinajstić information content (AvgIpc) is 2.87. The van der Waals surface area contributed by atoms with E-state index >= 15 is 0 Å². The fourth-order valence-electron chi connectivity index (χ4n) is 2.96. The predicted octanol–water partition coefficient (Wildman–Crippen LogP) is 3.85. The van der Waals surface area contributed by atoms with Gasteiger partial charge in [-0.05, 0) is 37.0 Å². The third kappa shape index (κ3) is 9.30. The molecule has 1 aliphatic rings. The molecule has 0 atom stereocenters. The lowest BCUT2D eigenvalue weighted by molar-refractivity contribution is 0.120. The third-order valence-corrected chi connectivity index (χ3v) is 4.36. The molecule has 3 N–H and O–H groups in total. The first-order chi connectivity index (χ1) is 11.8. The van der Waals surface area contributed by atoms with E-state index in [0.717, 1.165) is 17.7 Å². The number of guanidine groups is 1. The van der Waals surface area contributed by atoms with Gasteiger partial charge < -0.3 is 20.5 Å². The fraction of sp³-hybridized carbons (Fsp3) is 0.632. The SMILES string of the molecule is COc1ccc(COCCCN=C(N)NC2CCCCCC2)cc1.I. The van der Waals surface area contributed by atoms with Gasteiger partial charge >= 0.3 is 0 Å². The van der Waals surface area contributed by atoms with Crippen LogP contribution in [0, 0.1) is 0 Å². The van der Waals surface area contributed by atoms with E-state index in [4.69, 9.17) is 15.2 Å². The van der Waals surface area contributed by atoms with E-state index in [9.17, 15) is 0 Å². The summed E-state index contributed by atoms with van der Waals surface area (Å²) in [5, 5.41) is 3.36. The van der Waals surface area contributed by atoms with Crippen molar-refractivity contribution < 1.29 is 9.47 Å². The van der Waals surface area contributed by atoms with Crippen LogP contribution in [0.25, 0.3) is 0 Å². The highest BCUT2D eigenvalue weighted by molar-refractivity contribution is 14.0. The van der Waals surface area contributed by atoms with Crippen LogP contribution in [0.3, 0.4) is 0 Å². The molecule has 1 aromatic carbocycles. The maximum Gasteiger partial charge on any atom is 0.188 e. The summed E-state index contributed by atoms with van der Waals surface area (Å²) < 4.78 is 10.8. The van der Waals surface area contributed by atoms with E-state index < -0.39 is 0 Å². The highest BCUT2D eigenvalue weighted by atomic mass is 127. The van der Waals surface area contributed by atoms with Crippen molar-refractivity contribution >= 4 is 29.9 Å². The van der Waals surface area contributed by atoms with Gasteiger partial charge in [-0.2, -0.15) is 0 Å². The van der Waals surface area contributed by atoms with Crippen molar-refractivity contribution in [2.45, 2.75) is 57.6 Å². The number of methoxy groups -OCH3 is 1. The Hall–Kier alpha value is -1.02. The number of ether oxygens (including phenoxy) is 2. The Balaban J connectivity index is 0.00000312. The van der Waals surface area contributed by atoms with Crippen LogP contribution in [-0.2, 0) is 11.3 Å². The fourth-order valence-corrected chi connectivity index (χ4v) is 2.96. The lowest BCUT2D eigenvalue weighted by Crippen LogP contribution is -2.39. The van der Waals surface area contributed by atoms with Gasteiger partial charge in [0.1, 0.15) is 5.75 Å². The normalized spacial score (nSPS) is 16.0. The predicted molar refractivity (Wildman–Crippen MR) is 114 cm³/mol. The average molecular weight is 461 g/mol. The molecule has 0 aliphatic heterocycles. The number of rotatable bonds is 8. The molecule has 142 valence electrons. The van der Waals surface area contributed by atoms with Crippen molar-refractivity contribution in [3.63, 3.8) is 0 Å². The Morgan fingerprint density at radius 2 is 1.84 bits per heavy atom. The second kappa shape index (κ2) is 13.2. The topological polar surface area (TPSA) is 68.9 Å². The molecule has 0 aromatic heterocycles. The summed E-state index contributed by atoms with van der Waals surface area (Å²) in [6.07, 6.45) is 8.58. The highest BCUT2D eigenvalue weighted by Gasteiger charge is 2.11. The minimum absolute atomic E-state index is 0. The molecule has 25 heavy (non-hydrogen) atoms. The molecule has 0 unspecified atom stereocenters. The van der Waals surface area contributed by atoms with Gasteiger partial charge in [-0.1, -0.05) is 37.8 Å². The quantitative estimate of drug-likeness (QED) is 0.203. The number of benzene rings is 1. The summed E-state index contributed by atoms with van der Waals surface area (Å²) in [4.78, 5) is 4.40. The van der Waals surface area contributed by atoms with Crippen molar-refractivity contribution in [2.24, 2.45) is 10.7 Å². The molecule has 6 heteroatoms. The van der Waals surface area contributed by atoms with Crippen LogP contribution < -0.4 is 15.8 Å². The first kappa shape index (κ1) is 22.0. The van der Waals surface area contributed by atoms with Gasteiger partial charge in [0.25, 0.3) is 0 Å². The summed E-state index contributed by atoms with van der Waals surface area (Å²) in [6, 6.07) is 8.44. The molecular weight excluding hydrogens is 429 g/mol. The zero-order chi connectivity index (χ0) is 17.0. The van der Waals surface area contributed by atoms with Crippen LogP contribution in [0.4, 0.5) is 0 Å². The lowest BCUT2D eigenvalue weighted by Gasteiger charge is -2.16. The molecule has 0 radical (unpaired) electrons. The van der Waals surface area contributed by atoms with Gasteiger partial charge in [-0.25, -0.2) is 0 Å². The van der Waals surface area contributed by atoms with Crippen LogP contribution in [0.15, 0.2) is 29.3 Å². The minimum atomic E-state index is 0. The van der Waals surface area contributed by atoms with Crippen LogP contribution in [0.5, 0.6) is 5.75 Å². The second-order valence-corrected chi connectivity index (χ2v) is 6.35. The molecule has 1 fully saturated rings. The molecular formula is C19H32IN3O2. The number of hydrogen-bond acceptors (Lipinski definition) is 3. The van der Waals surface area contributed by atoms with E-state index in [1.54, 1.807) is 7.11 Å². The molecule has 1 saturated carbocycles. The first-order valence-corrected chi connectivity index (χ1v) is 9.05. The van der Waals surface area contributed by atoms with Gasteiger partial charge in [0.2, 0.25) is 0 Å². The number of aliphatic imine (C=N–C) groups is 1. The van der Waals surface area contributed by atoms with Crippen molar-refractivity contribution in [1.29, 1.82) is 0 Å². The Kier molecular flexibility index (Phi) is 11.6. The molecule has 0 amide bonds. The van der Waals surface area contributed by atoms with Gasteiger partial charge in [-0.15, -0.1) is 24.0 Å². The van der Waals surface area contributed by atoms with Crippen molar-refractivity contribution in [3.8, 4) is 5.75 Å². The van der Waals surface area contributed by atoms with E-state index in [1.807, 2.05) is 24.3 Å². The smallest absolute Gasteiger partial charge is 0.188 e. The third-order valence-electron chi connectivity index (χ3n) is 4.36. The van der Waals surface area contributed by atoms with Crippen molar-refractivity contribution in [2.75, 3.05) is 20.3 Å². The maximum atomic E-state index is 5.97. The van der Waals surface area contributed by atoms with E-state index in [2.05, 4.69) is 10.3 Å². The molecule has 2 rings (SSSR count). The zero-order valence-electron chi connectivity index (χ0n) is 15.2. The molecule has 0 heterocycles. The summed E-state index contributed by atoms with van der Waals surface area (Å²) in [7, 11) is 1.67. The van der Waals surface area contributed by atoms with Crippen LogP contribution in [0.2, 0.25) is 0 Å². The number of halogens is 1. The van der Waals surface area contributed by atoms with Gasteiger partial charge in [0, 0.05) is 19.2 Å². The molecule has 5 nitrogen and oxygen atoms in total. The number of hydrogen-bond donors (Lipinski definition) is 2. The Bertz CT molecular complexity index is 486. The molecule has 0 saturated heterocycles. The monoisotopic (exact) mass is 461 g/mol. The maximum absolute atomic E-state index is 5.97. The Labute approximate surface area is 168 Å². The van der Waals surface area contributed by atoms with Crippen LogP contribution in [-0.4, -0.2) is 32.3 Å². The Morgan fingerprint density at radius 3 is 2.48 bits per heavy atom. The number of nitrogens with one attached hydrogen (secondary N) is 1. The number of nitrogens with two attached hydrogens (primary N) is 1. The van der Waals surface area contributed by atoms with Gasteiger partial charge in [0.05, 0.1) is 13.7 Å². The van der Waals surface area contributed by atoms with Crippen LogP contribution >= 0.6 is 24.0 Å². The van der Waals surface area contributed by atoms with Gasteiger partial charge in [-0.3, -0.25) is 4.99 Å². The highest BCUT2D eigenvalue weighted by Crippen LogP contribution is 2.17. The lowest BCUT2D eigenvalue weighted by atomic mass is 10.1. The zero-order valence-corrected chi connectivity index (χ0v) is 17.5. The van der Waals surface area contributed by atoms with Crippen molar-refractivity contribution in [3.05, 3.63) is 29.8 Å². The Morgan fingerprint density at radius 1 is 1.16 bits per heavy atom. The van der Waals surface area contributed by atoms with Gasteiger partial charge in [0.15, 0.2) is 5.96 Å². The second-order valence-electron chi connectivity index (χ2n) is 6.35. The largest absolute Gasteiger partial charge is 0.497 e. The minimum Gasteiger partial charge on any atom is -0.497 e. The van der Waals surface area contributed by atoms with E-state index in [0.29, 0.717) is 31.8 Å². The van der Waals surface area contributed by atoms with E-state index in [-0.39, 0.29) is 24.0 Å². The first-order valence-electron chi connectivity index (χ1n) is 9.05. The van der Waals surface area contributed by atoms with Crippen LogP contribution in [0.1, 0.15) is 50.5 Å². The van der Waals surface area contributed by atoms with Crippen molar-refractivity contribution in [1.82, 2.24) is 5.32 Å². The van der Waals surface area contributed by atoms with E-state index in [1.165, 1.54) is 38.5 Å². The molecule has 1 aromatic rings. The molecule has 0 spiro atoms. The molecule has 1 aliphatic carbocycles. The summed E-state index contributed by atoms with van der Waals surface area (Å²) in [6.45, 7) is 2.00. The summed E-state index contributed by atoms with van der Waals surface area (Å²) in [5.41, 5.74) is 7.12. The molecule has 0 bridgehead atoms. The summed E-state index contributed by atoms with van der Waals surface area (Å²) >= 11 is 0. The number of nitrogens with zero attached hydrogens (tertiary/aromatic N) is 1. The summed E-state index contributed by atoms with van der Waals surface area (Å²) in [5.74, 6) is 1.45. The standard InChI is InChI=1S/C19H31N3O2.HI/c1-23-18-11-9-16(10-12-18)15-24-14-6-13-21-19(20)22-17-7-4-2-3-5-8-17;/h9-12,17H,2-8,13-15H2,1H3,(H3,20,21,22);1H.